The number of benzene rings is 3. The number of carbonyl (C=O) groups is 2. The van der Waals surface area contributed by atoms with Crippen LogP contribution < -0.4 is 19.1 Å². The Kier molecular flexibility index (Phi) is 6.54. The number of amides is 1. The highest BCUT2D eigenvalue weighted by Gasteiger charge is 2.47. The molecule has 7 nitrogen and oxygen atoms in total. The van der Waals surface area contributed by atoms with E-state index in [2.05, 4.69) is 0 Å². The monoisotopic (exact) mass is 459 g/mol. The Morgan fingerprint density at radius 3 is 2.18 bits per heavy atom. The molecule has 3 aromatic carbocycles. The molecule has 1 saturated heterocycles. The Labute approximate surface area is 197 Å². The summed E-state index contributed by atoms with van der Waals surface area (Å²) < 4.78 is 16.4. The van der Waals surface area contributed by atoms with Gasteiger partial charge in [0.25, 0.3) is 11.7 Å². The second-order valence-electron chi connectivity index (χ2n) is 7.55. The van der Waals surface area contributed by atoms with Crippen molar-refractivity contribution >= 4 is 23.1 Å². The van der Waals surface area contributed by atoms with E-state index < -0.39 is 17.7 Å². The van der Waals surface area contributed by atoms with Gasteiger partial charge >= 0.3 is 0 Å². The van der Waals surface area contributed by atoms with Gasteiger partial charge in [-0.15, -0.1) is 0 Å². The SMILES string of the molecule is CCOc1cccc(N2C(=O)C(=O)/C(=C(/O)c3c(OC)cccc3OC)C2c2ccccc2)c1. The zero-order valence-corrected chi connectivity index (χ0v) is 19.1. The number of Topliss-reactive ketones (excluding diaryl/α,β-unsaturated/α-hetero) is 1. The highest BCUT2D eigenvalue weighted by atomic mass is 16.5. The molecule has 34 heavy (non-hydrogen) atoms. The third-order valence-electron chi connectivity index (χ3n) is 5.63. The summed E-state index contributed by atoms with van der Waals surface area (Å²) in [5, 5.41) is 11.5. The first kappa shape index (κ1) is 22.9. The second kappa shape index (κ2) is 9.70. The van der Waals surface area contributed by atoms with Gasteiger partial charge in [0.05, 0.1) is 32.4 Å². The number of aliphatic hydroxyl groups excluding tert-OH is 1. The number of carbonyl (C=O) groups excluding carboxylic acids is 2. The van der Waals surface area contributed by atoms with E-state index in [9.17, 15) is 14.7 Å². The number of nitrogens with zero attached hydrogens (tertiary/aromatic N) is 1. The number of hydrogen-bond acceptors (Lipinski definition) is 6. The Morgan fingerprint density at radius 2 is 1.56 bits per heavy atom. The number of aliphatic hydroxyl groups is 1. The number of rotatable bonds is 7. The van der Waals surface area contributed by atoms with E-state index in [1.54, 1.807) is 42.5 Å². The van der Waals surface area contributed by atoms with Crippen molar-refractivity contribution < 1.29 is 28.9 Å². The summed E-state index contributed by atoms with van der Waals surface area (Å²) >= 11 is 0. The number of hydrogen-bond donors (Lipinski definition) is 1. The minimum Gasteiger partial charge on any atom is -0.506 e. The zero-order valence-electron chi connectivity index (χ0n) is 19.1. The molecule has 1 aliphatic rings. The molecule has 1 atom stereocenters. The smallest absolute Gasteiger partial charge is 0.300 e. The van der Waals surface area contributed by atoms with Crippen molar-refractivity contribution in [3.8, 4) is 17.2 Å². The van der Waals surface area contributed by atoms with E-state index in [0.29, 0.717) is 35.1 Å². The summed E-state index contributed by atoms with van der Waals surface area (Å²) in [7, 11) is 2.91. The van der Waals surface area contributed by atoms with E-state index in [1.807, 2.05) is 37.3 Å². The van der Waals surface area contributed by atoms with Crippen molar-refractivity contribution in [3.05, 3.63) is 89.5 Å². The van der Waals surface area contributed by atoms with Gasteiger partial charge in [-0.1, -0.05) is 42.5 Å². The minimum atomic E-state index is -0.868. The number of methoxy groups -OCH3 is 2. The van der Waals surface area contributed by atoms with Crippen LogP contribution in [-0.2, 0) is 9.59 Å². The van der Waals surface area contributed by atoms with Gasteiger partial charge in [-0.25, -0.2) is 0 Å². The van der Waals surface area contributed by atoms with E-state index in [1.165, 1.54) is 19.1 Å². The van der Waals surface area contributed by atoms with Crippen LogP contribution in [-0.4, -0.2) is 37.6 Å². The normalized spacial score (nSPS) is 17.0. The van der Waals surface area contributed by atoms with Crippen molar-refractivity contribution in [1.82, 2.24) is 0 Å². The van der Waals surface area contributed by atoms with Gasteiger partial charge in [-0.05, 0) is 36.8 Å². The van der Waals surface area contributed by atoms with Crippen LogP contribution in [0.25, 0.3) is 5.76 Å². The highest BCUT2D eigenvalue weighted by Crippen LogP contribution is 2.45. The van der Waals surface area contributed by atoms with Crippen molar-refractivity contribution in [2.75, 3.05) is 25.7 Å². The van der Waals surface area contributed by atoms with Crippen molar-refractivity contribution in [1.29, 1.82) is 0 Å². The van der Waals surface area contributed by atoms with Crippen LogP contribution in [0.15, 0.2) is 78.4 Å². The second-order valence-corrected chi connectivity index (χ2v) is 7.55. The van der Waals surface area contributed by atoms with Crippen LogP contribution in [0.3, 0.4) is 0 Å². The van der Waals surface area contributed by atoms with Gasteiger partial charge in [0, 0.05) is 11.8 Å². The van der Waals surface area contributed by atoms with Gasteiger partial charge in [0.2, 0.25) is 0 Å². The zero-order chi connectivity index (χ0) is 24.2. The third kappa shape index (κ3) is 3.96. The summed E-state index contributed by atoms with van der Waals surface area (Å²) in [5.74, 6) is -0.731. The van der Waals surface area contributed by atoms with Crippen LogP contribution in [0.2, 0.25) is 0 Å². The van der Waals surface area contributed by atoms with Crippen LogP contribution in [0, 0.1) is 0 Å². The molecule has 0 bridgehead atoms. The molecule has 0 spiro atoms. The number of ketones is 1. The lowest BCUT2D eigenvalue weighted by Crippen LogP contribution is -2.29. The first-order chi connectivity index (χ1) is 16.5. The highest BCUT2D eigenvalue weighted by molar-refractivity contribution is 6.51. The summed E-state index contributed by atoms with van der Waals surface area (Å²) in [6.45, 7) is 2.32. The van der Waals surface area contributed by atoms with Crippen LogP contribution in [0.4, 0.5) is 5.69 Å². The fourth-order valence-electron chi connectivity index (χ4n) is 4.16. The predicted octanol–water partition coefficient (Wildman–Crippen LogP) is 4.73. The Bertz CT molecular complexity index is 1230. The van der Waals surface area contributed by atoms with Gasteiger partial charge in [-0.3, -0.25) is 14.5 Å². The molecule has 0 aliphatic carbocycles. The maximum absolute atomic E-state index is 13.4. The molecule has 1 amide bonds. The molecule has 7 heteroatoms. The first-order valence-electron chi connectivity index (χ1n) is 10.8. The lowest BCUT2D eigenvalue weighted by atomic mass is 9.94. The van der Waals surface area contributed by atoms with Crippen molar-refractivity contribution in [3.63, 3.8) is 0 Å². The summed E-state index contributed by atoms with van der Waals surface area (Å²) in [6.07, 6.45) is 0. The standard InChI is InChI=1S/C27H25NO6/c1-4-34-19-13-8-12-18(16-19)28-24(17-10-6-5-7-11-17)23(26(30)27(28)31)25(29)22-20(32-2)14-9-15-21(22)33-3/h5-16,24,29H,4H2,1-3H3/b25-23+. The molecule has 1 unspecified atom stereocenters. The quantitative estimate of drug-likeness (QED) is 0.312. The molecule has 174 valence electrons. The van der Waals surface area contributed by atoms with Crippen LogP contribution in [0.1, 0.15) is 24.1 Å². The topological polar surface area (TPSA) is 85.3 Å². The van der Waals surface area contributed by atoms with Crippen molar-refractivity contribution in [2.45, 2.75) is 13.0 Å². The Hall–Kier alpha value is -4.26. The van der Waals surface area contributed by atoms with E-state index in [0.717, 1.165) is 0 Å². The average molecular weight is 459 g/mol. The largest absolute Gasteiger partial charge is 0.506 e. The van der Waals surface area contributed by atoms with Gasteiger partial charge in [-0.2, -0.15) is 0 Å². The molecular weight excluding hydrogens is 434 g/mol. The Morgan fingerprint density at radius 1 is 0.912 bits per heavy atom. The fourth-order valence-corrected chi connectivity index (χ4v) is 4.16. The maximum Gasteiger partial charge on any atom is 0.300 e. The first-order valence-corrected chi connectivity index (χ1v) is 10.8. The number of ether oxygens (including phenoxy) is 3. The van der Waals surface area contributed by atoms with Crippen LogP contribution in [0.5, 0.6) is 17.2 Å². The van der Waals surface area contributed by atoms with E-state index in [-0.39, 0.29) is 16.9 Å². The molecular formula is C27H25NO6. The van der Waals surface area contributed by atoms with Crippen LogP contribution >= 0.6 is 0 Å². The van der Waals surface area contributed by atoms with Gasteiger partial charge in [0.15, 0.2) is 0 Å². The molecule has 3 aromatic rings. The molecule has 0 aromatic heterocycles. The Balaban J connectivity index is 1.98. The van der Waals surface area contributed by atoms with Gasteiger partial charge < -0.3 is 19.3 Å². The van der Waals surface area contributed by atoms with Gasteiger partial charge in [0.1, 0.15) is 28.6 Å². The fraction of sp³-hybridized carbons (Fsp3) is 0.185. The maximum atomic E-state index is 13.4. The molecule has 1 fully saturated rings. The minimum absolute atomic E-state index is 0.0548. The average Bonchev–Trinajstić information content (AvgIpc) is 3.14. The lowest BCUT2D eigenvalue weighted by Gasteiger charge is -2.26. The van der Waals surface area contributed by atoms with Crippen molar-refractivity contribution in [2.24, 2.45) is 0 Å². The molecule has 1 heterocycles. The molecule has 4 rings (SSSR count). The van der Waals surface area contributed by atoms with E-state index >= 15 is 0 Å². The summed E-state index contributed by atoms with van der Waals surface area (Å²) in [4.78, 5) is 28.1. The molecule has 1 aliphatic heterocycles. The molecule has 0 radical (unpaired) electrons. The third-order valence-corrected chi connectivity index (χ3v) is 5.63. The summed E-state index contributed by atoms with van der Waals surface area (Å²) in [5.41, 5.74) is 1.29. The lowest BCUT2D eigenvalue weighted by molar-refractivity contribution is -0.132. The summed E-state index contributed by atoms with van der Waals surface area (Å²) in [6, 6.07) is 20.2. The molecule has 0 saturated carbocycles. The predicted molar refractivity (Wildman–Crippen MR) is 128 cm³/mol. The number of anilines is 1. The van der Waals surface area contributed by atoms with E-state index in [4.69, 9.17) is 14.2 Å². The molecule has 1 N–H and O–H groups in total.